The van der Waals surface area contributed by atoms with Crippen LogP contribution in [0.3, 0.4) is 0 Å². The highest BCUT2D eigenvalue weighted by Crippen LogP contribution is 2.42. The minimum absolute atomic E-state index is 0.876. The van der Waals surface area contributed by atoms with Crippen LogP contribution < -0.4 is 46.4 Å². The van der Waals surface area contributed by atoms with Gasteiger partial charge in [0.2, 0.25) is 0 Å². The topological polar surface area (TPSA) is 34.0 Å². The van der Waals surface area contributed by atoms with Gasteiger partial charge in [-0.05, 0) is 102 Å². The first-order chi connectivity index (χ1) is 34.7. The van der Waals surface area contributed by atoms with E-state index in [1.54, 1.807) is 0 Å². The molecule has 0 atom stereocenters. The molecule has 0 unspecified atom stereocenters. The van der Waals surface area contributed by atoms with Crippen LogP contribution in [-0.2, 0) is 0 Å². The van der Waals surface area contributed by atoms with Crippen molar-refractivity contribution in [1.82, 2.24) is 14.5 Å². The van der Waals surface area contributed by atoms with Crippen molar-refractivity contribution in [3.8, 4) is 16.9 Å². The van der Waals surface area contributed by atoms with Gasteiger partial charge in [-0.1, -0.05) is 206 Å². The number of rotatable bonds is 9. The van der Waals surface area contributed by atoms with Crippen molar-refractivity contribution in [2.24, 2.45) is 0 Å². The van der Waals surface area contributed by atoms with Crippen molar-refractivity contribution >= 4 is 96.6 Å². The lowest BCUT2D eigenvalue weighted by Gasteiger charge is -2.45. The van der Waals surface area contributed by atoms with E-state index in [4.69, 9.17) is 9.97 Å². The largest absolute Gasteiger partial charge is 0.309 e. The van der Waals surface area contributed by atoms with E-state index in [1.807, 2.05) is 24.5 Å². The van der Waals surface area contributed by atoms with Crippen LogP contribution in [0, 0.1) is 0 Å². The Bertz CT molecular complexity index is 3740. The second-order valence-corrected chi connectivity index (χ2v) is 25.6. The van der Waals surface area contributed by atoms with Gasteiger partial charge in [-0.2, -0.15) is 0 Å². The predicted octanol–water partition coefficient (Wildman–Crippen LogP) is 9.78. The normalized spacial score (nSPS) is 12.9. The van der Waals surface area contributed by atoms with Crippen LogP contribution in [0.15, 0.2) is 279 Å². The number of benzene rings is 9. The van der Waals surface area contributed by atoms with Crippen LogP contribution in [0.4, 0.5) is 17.2 Å². The molecular formula is C64H46N4Si2. The van der Waals surface area contributed by atoms with E-state index in [0.29, 0.717) is 0 Å². The predicted molar refractivity (Wildman–Crippen MR) is 297 cm³/mol. The van der Waals surface area contributed by atoms with Gasteiger partial charge in [0.25, 0.3) is 0 Å². The molecule has 0 amide bonds. The SMILES string of the molecule is c1ccc(-n2c3ccccc3c3cc4c(cc32)[Si](c2ccccc2)(c2ccccc2)c2ccc([Si](c3ccccc3)(c3ccccc3)c3cccc(-c5ccccn5)c3)cc2N4c2ccccn2)cc1. The van der Waals surface area contributed by atoms with Crippen molar-refractivity contribution in [3.05, 3.63) is 279 Å². The van der Waals surface area contributed by atoms with E-state index < -0.39 is 16.1 Å². The van der Waals surface area contributed by atoms with Crippen LogP contribution in [0.2, 0.25) is 0 Å². The molecule has 70 heavy (non-hydrogen) atoms. The zero-order valence-corrected chi connectivity index (χ0v) is 40.3. The summed E-state index contributed by atoms with van der Waals surface area (Å²) in [6.45, 7) is 0. The number of para-hydroxylation sites is 2. The molecule has 4 heterocycles. The maximum Gasteiger partial charge on any atom is 0.184 e. The Labute approximate surface area is 410 Å². The zero-order valence-electron chi connectivity index (χ0n) is 38.3. The third kappa shape index (κ3) is 6.42. The maximum absolute atomic E-state index is 5.24. The number of hydrogen-bond donors (Lipinski definition) is 0. The Morgan fingerprint density at radius 2 is 0.914 bits per heavy atom. The highest BCUT2D eigenvalue weighted by atomic mass is 28.3. The molecule has 0 bridgehead atoms. The Morgan fingerprint density at radius 3 is 1.56 bits per heavy atom. The number of fused-ring (bicyclic) bond motifs is 5. The van der Waals surface area contributed by atoms with Gasteiger partial charge in [-0.3, -0.25) is 9.88 Å². The van der Waals surface area contributed by atoms with E-state index in [0.717, 1.165) is 34.1 Å². The average Bonchev–Trinajstić information content (AvgIpc) is 3.77. The van der Waals surface area contributed by atoms with E-state index in [2.05, 4.69) is 264 Å². The molecule has 330 valence electrons. The number of anilines is 3. The Morgan fingerprint density at radius 1 is 0.357 bits per heavy atom. The Hall–Kier alpha value is -8.69. The molecule has 6 heteroatoms. The molecule has 0 N–H and O–H groups in total. The quantitative estimate of drug-likeness (QED) is 0.107. The third-order valence-corrected chi connectivity index (χ3v) is 24.1. The molecule has 0 radical (unpaired) electrons. The van der Waals surface area contributed by atoms with Gasteiger partial charge < -0.3 is 4.57 Å². The fourth-order valence-corrected chi connectivity index (χ4v) is 21.5. The van der Waals surface area contributed by atoms with Gasteiger partial charge in [0.1, 0.15) is 5.82 Å². The number of hydrogen-bond acceptors (Lipinski definition) is 3. The summed E-state index contributed by atoms with van der Waals surface area (Å²) in [6.07, 6.45) is 3.82. The molecule has 0 saturated carbocycles. The molecule has 1 aliphatic rings. The molecule has 9 aromatic carbocycles. The lowest BCUT2D eigenvalue weighted by atomic mass is 10.1. The van der Waals surface area contributed by atoms with Crippen LogP contribution in [0.5, 0.6) is 0 Å². The first-order valence-electron chi connectivity index (χ1n) is 24.0. The van der Waals surface area contributed by atoms with Gasteiger partial charge in [0.15, 0.2) is 16.1 Å². The van der Waals surface area contributed by atoms with E-state index in [1.165, 1.54) is 63.3 Å². The van der Waals surface area contributed by atoms with Gasteiger partial charge in [-0.15, -0.1) is 0 Å². The molecule has 4 nitrogen and oxygen atoms in total. The van der Waals surface area contributed by atoms with Crippen molar-refractivity contribution in [1.29, 1.82) is 0 Å². The zero-order chi connectivity index (χ0) is 46.5. The molecule has 0 fully saturated rings. The Kier molecular flexibility index (Phi) is 10.2. The number of nitrogens with zero attached hydrogens (tertiary/aromatic N) is 4. The highest BCUT2D eigenvalue weighted by Gasteiger charge is 2.51. The van der Waals surface area contributed by atoms with Gasteiger partial charge in [0.05, 0.1) is 16.7 Å². The minimum atomic E-state index is -3.19. The van der Waals surface area contributed by atoms with Crippen molar-refractivity contribution < 1.29 is 0 Å². The average molecular weight is 927 g/mol. The summed E-state index contributed by atoms with van der Waals surface area (Å²) in [6, 6.07) is 99.2. The molecule has 13 rings (SSSR count). The highest BCUT2D eigenvalue weighted by molar-refractivity contribution is 7.22. The lowest BCUT2D eigenvalue weighted by Crippen LogP contribution is -2.78. The van der Waals surface area contributed by atoms with E-state index >= 15 is 0 Å². The van der Waals surface area contributed by atoms with Crippen LogP contribution in [0.1, 0.15) is 0 Å². The molecule has 0 spiro atoms. The van der Waals surface area contributed by atoms with Gasteiger partial charge in [-0.25, -0.2) is 4.98 Å². The van der Waals surface area contributed by atoms with Crippen molar-refractivity contribution in [2.75, 3.05) is 4.90 Å². The first-order valence-corrected chi connectivity index (χ1v) is 28.0. The first kappa shape index (κ1) is 41.5. The fourth-order valence-electron chi connectivity index (χ4n) is 11.6. The maximum atomic E-state index is 5.24. The summed E-state index contributed by atoms with van der Waals surface area (Å²) in [7, 11) is -6.32. The summed E-state index contributed by atoms with van der Waals surface area (Å²) in [5.41, 5.74) is 7.85. The van der Waals surface area contributed by atoms with Crippen molar-refractivity contribution in [3.63, 3.8) is 0 Å². The smallest absolute Gasteiger partial charge is 0.184 e. The molecule has 3 aromatic heterocycles. The molecular weight excluding hydrogens is 881 g/mol. The number of pyridine rings is 2. The Balaban J connectivity index is 1.20. The summed E-state index contributed by atoms with van der Waals surface area (Å²) < 4.78 is 2.46. The van der Waals surface area contributed by atoms with Crippen LogP contribution >= 0.6 is 0 Å². The molecule has 12 aromatic rings. The van der Waals surface area contributed by atoms with Crippen LogP contribution in [-0.4, -0.2) is 30.7 Å². The minimum Gasteiger partial charge on any atom is -0.309 e. The van der Waals surface area contributed by atoms with Crippen LogP contribution in [0.25, 0.3) is 38.8 Å². The van der Waals surface area contributed by atoms with Crippen molar-refractivity contribution in [2.45, 2.75) is 0 Å². The summed E-state index contributed by atoms with van der Waals surface area (Å²) >= 11 is 0. The number of aromatic nitrogens is 3. The lowest BCUT2D eigenvalue weighted by molar-refractivity contribution is 1.17. The van der Waals surface area contributed by atoms with E-state index in [9.17, 15) is 0 Å². The standard InChI is InChI=1S/C64H46N4Si2/c1-6-24-48(25-7-1)67-58-37-17-16-35-55(58)56-45-61-63(46-59(56)67)70(51-30-12-4-13-31-51,52-32-14-5-15-33-52)62-40-39-54(44-60(62)68(61)64-38-19-21-42-66-64)69(49-26-8-2-9-27-49,50-28-10-3-11-29-50)53-34-22-23-47(43-53)57-36-18-20-41-65-57/h1-46H. The second-order valence-electron chi connectivity index (χ2n) is 18.1. The molecule has 1 aliphatic heterocycles. The monoisotopic (exact) mass is 926 g/mol. The summed E-state index contributed by atoms with van der Waals surface area (Å²) in [4.78, 5) is 12.6. The molecule has 0 saturated heterocycles. The van der Waals surface area contributed by atoms with Gasteiger partial charge >= 0.3 is 0 Å². The summed E-state index contributed by atoms with van der Waals surface area (Å²) in [5, 5.41) is 12.9. The summed E-state index contributed by atoms with van der Waals surface area (Å²) in [5.74, 6) is 0.876. The van der Waals surface area contributed by atoms with E-state index in [-0.39, 0.29) is 0 Å². The second kappa shape index (κ2) is 17.1. The van der Waals surface area contributed by atoms with Gasteiger partial charge in [0, 0.05) is 45.8 Å². The molecule has 0 aliphatic carbocycles. The third-order valence-electron chi connectivity index (χ3n) is 14.5. The fraction of sp³-hybridized carbons (Fsp3) is 0.